The third-order valence-corrected chi connectivity index (χ3v) is 7.69. The van der Waals surface area contributed by atoms with E-state index in [0.717, 1.165) is 12.1 Å². The lowest BCUT2D eigenvalue weighted by Crippen LogP contribution is -2.75. The van der Waals surface area contributed by atoms with Gasteiger partial charge in [0.15, 0.2) is 13.2 Å². The van der Waals surface area contributed by atoms with Crippen LogP contribution in [0.4, 0.5) is 8.78 Å². The Bertz CT molecular complexity index is 1170. The molecule has 2 aromatic carbocycles. The third-order valence-electron chi connectivity index (χ3n) is 7.08. The number of hydrogen-bond donors (Lipinski definition) is 3. The van der Waals surface area contributed by atoms with Crippen LogP contribution in [0.3, 0.4) is 0 Å². The second kappa shape index (κ2) is 10.0. The molecule has 3 aliphatic carbocycles. The first-order valence-corrected chi connectivity index (χ1v) is 12.2. The fraction of sp³-hybridized carbons (Fsp3) is 0.440. The number of carbonyl (C=O) groups is 2. The molecule has 0 spiro atoms. The quantitative estimate of drug-likeness (QED) is 0.465. The van der Waals surface area contributed by atoms with Crippen LogP contribution >= 0.6 is 23.2 Å². The first-order chi connectivity index (χ1) is 16.9. The molecule has 0 aromatic heterocycles. The Hall–Kier alpha value is -2.62. The smallest absolute Gasteiger partial charge is 0.258 e. The van der Waals surface area contributed by atoms with Gasteiger partial charge in [0.2, 0.25) is 0 Å². The molecule has 0 heterocycles. The molecule has 2 bridgehead atoms. The number of ether oxygens (including phenoxy) is 2. The van der Waals surface area contributed by atoms with Crippen LogP contribution in [0.1, 0.15) is 39.0 Å². The molecule has 11 heteroatoms. The van der Waals surface area contributed by atoms with Crippen LogP contribution in [-0.2, 0) is 9.59 Å². The second-order valence-electron chi connectivity index (χ2n) is 9.64. The minimum absolute atomic E-state index is 0.0432. The summed E-state index contributed by atoms with van der Waals surface area (Å²) in [5.74, 6) is -1.81. The van der Waals surface area contributed by atoms with Gasteiger partial charge < -0.3 is 25.2 Å². The van der Waals surface area contributed by atoms with E-state index in [1.807, 2.05) is 0 Å². The molecule has 194 valence electrons. The van der Waals surface area contributed by atoms with Crippen LogP contribution < -0.4 is 20.1 Å². The van der Waals surface area contributed by atoms with Crippen LogP contribution in [0.15, 0.2) is 36.4 Å². The predicted molar refractivity (Wildman–Crippen MR) is 129 cm³/mol. The number of benzene rings is 2. The lowest BCUT2D eigenvalue weighted by molar-refractivity contribution is -0.155. The van der Waals surface area contributed by atoms with Crippen molar-refractivity contribution in [3.05, 3.63) is 58.1 Å². The minimum Gasteiger partial charge on any atom is -0.484 e. The van der Waals surface area contributed by atoms with E-state index in [0.29, 0.717) is 25.7 Å². The van der Waals surface area contributed by atoms with Gasteiger partial charge in [0.25, 0.3) is 11.8 Å². The van der Waals surface area contributed by atoms with Crippen LogP contribution in [0.2, 0.25) is 10.0 Å². The van der Waals surface area contributed by atoms with Gasteiger partial charge in [-0.3, -0.25) is 9.59 Å². The predicted octanol–water partition coefficient (Wildman–Crippen LogP) is 4.17. The van der Waals surface area contributed by atoms with Gasteiger partial charge in [-0.05, 0) is 56.9 Å². The maximum Gasteiger partial charge on any atom is 0.258 e. The summed E-state index contributed by atoms with van der Waals surface area (Å²) in [7, 11) is 0. The fourth-order valence-electron chi connectivity index (χ4n) is 5.19. The van der Waals surface area contributed by atoms with E-state index in [1.54, 1.807) is 6.92 Å². The van der Waals surface area contributed by atoms with Crippen molar-refractivity contribution in [2.45, 2.75) is 55.7 Å². The highest BCUT2D eigenvalue weighted by molar-refractivity contribution is 6.31. The Morgan fingerprint density at radius 2 is 1.36 bits per heavy atom. The Morgan fingerprint density at radius 1 is 0.889 bits per heavy atom. The zero-order chi connectivity index (χ0) is 26.1. The fourth-order valence-corrected chi connectivity index (χ4v) is 5.43. The molecule has 3 fully saturated rings. The molecule has 0 saturated heterocycles. The van der Waals surface area contributed by atoms with Crippen molar-refractivity contribution in [1.82, 2.24) is 10.6 Å². The standard InChI is InChI=1S/C25H26Cl2F2N2O5/c1-23(34)14-24(30-21(32)12-35-15-2-4-17(26)19(28)10-15)6-8-25(23,9-7-24)31-22(33)13-36-16-3-5-18(27)20(29)11-16/h2-5,10-11,34H,6-9,12-14H2,1H3,(H,30,32)(H,31,33). The van der Waals surface area contributed by atoms with Crippen LogP contribution in [0.25, 0.3) is 0 Å². The maximum atomic E-state index is 13.6. The Balaban J connectivity index is 1.32. The van der Waals surface area contributed by atoms with E-state index in [4.69, 9.17) is 32.7 Å². The van der Waals surface area contributed by atoms with Gasteiger partial charge in [0.1, 0.15) is 23.1 Å². The Morgan fingerprint density at radius 3 is 1.81 bits per heavy atom. The van der Waals surface area contributed by atoms with Crippen molar-refractivity contribution in [3.8, 4) is 11.5 Å². The minimum atomic E-state index is -1.31. The van der Waals surface area contributed by atoms with Gasteiger partial charge in [-0.2, -0.15) is 0 Å². The summed E-state index contributed by atoms with van der Waals surface area (Å²) >= 11 is 11.3. The highest BCUT2D eigenvalue weighted by atomic mass is 35.5. The number of aliphatic hydroxyl groups is 1. The molecule has 1 unspecified atom stereocenters. The topological polar surface area (TPSA) is 96.9 Å². The molecule has 2 amide bonds. The van der Waals surface area contributed by atoms with Crippen molar-refractivity contribution in [2.75, 3.05) is 13.2 Å². The number of rotatable bonds is 8. The molecule has 0 radical (unpaired) electrons. The van der Waals surface area contributed by atoms with Crippen molar-refractivity contribution in [1.29, 1.82) is 0 Å². The first kappa shape index (κ1) is 26.4. The van der Waals surface area contributed by atoms with E-state index in [2.05, 4.69) is 10.6 Å². The molecule has 36 heavy (non-hydrogen) atoms. The summed E-state index contributed by atoms with van der Waals surface area (Å²) in [5, 5.41) is 17.1. The van der Waals surface area contributed by atoms with Gasteiger partial charge in [0.05, 0.1) is 21.2 Å². The van der Waals surface area contributed by atoms with Gasteiger partial charge in [0, 0.05) is 24.1 Å². The average molecular weight is 543 g/mol. The van der Waals surface area contributed by atoms with Gasteiger partial charge in [-0.1, -0.05) is 23.2 Å². The van der Waals surface area contributed by atoms with E-state index >= 15 is 0 Å². The number of amides is 2. The number of halogens is 4. The first-order valence-electron chi connectivity index (χ1n) is 11.4. The monoisotopic (exact) mass is 542 g/mol. The molecule has 3 N–H and O–H groups in total. The zero-order valence-corrected chi connectivity index (χ0v) is 21.0. The molecular weight excluding hydrogens is 517 g/mol. The number of fused-ring (bicyclic) bond motifs is 3. The Kier molecular flexibility index (Phi) is 7.37. The average Bonchev–Trinajstić information content (AvgIpc) is 2.81. The van der Waals surface area contributed by atoms with Crippen LogP contribution in [-0.4, -0.2) is 46.8 Å². The molecule has 0 aliphatic heterocycles. The molecule has 3 aliphatic rings. The third kappa shape index (κ3) is 5.53. The molecule has 2 aromatic rings. The largest absolute Gasteiger partial charge is 0.484 e. The lowest BCUT2D eigenvalue weighted by Gasteiger charge is -2.61. The number of hydrogen-bond acceptors (Lipinski definition) is 5. The van der Waals surface area contributed by atoms with Gasteiger partial charge >= 0.3 is 0 Å². The summed E-state index contributed by atoms with van der Waals surface area (Å²) in [6.07, 6.45) is 2.17. The second-order valence-corrected chi connectivity index (χ2v) is 10.5. The summed E-state index contributed by atoms with van der Waals surface area (Å²) in [6, 6.07) is 7.79. The van der Waals surface area contributed by atoms with E-state index < -0.39 is 40.1 Å². The summed E-state index contributed by atoms with van der Waals surface area (Å²) in [5.41, 5.74) is -2.85. The van der Waals surface area contributed by atoms with Crippen LogP contribution in [0, 0.1) is 11.6 Å². The van der Waals surface area contributed by atoms with Crippen molar-refractivity contribution in [2.24, 2.45) is 0 Å². The molecular formula is C25H26Cl2F2N2O5. The van der Waals surface area contributed by atoms with E-state index in [9.17, 15) is 23.5 Å². The summed E-state index contributed by atoms with van der Waals surface area (Å²) in [6.45, 7) is 0.952. The highest BCUT2D eigenvalue weighted by Crippen LogP contribution is 2.52. The zero-order valence-electron chi connectivity index (χ0n) is 19.5. The number of nitrogens with one attached hydrogen (secondary N) is 2. The number of carbonyl (C=O) groups excluding carboxylic acids is 2. The summed E-state index contributed by atoms with van der Waals surface area (Å²) in [4.78, 5) is 25.2. The van der Waals surface area contributed by atoms with E-state index in [-0.39, 0.29) is 41.2 Å². The Labute approximate surface area is 217 Å². The summed E-state index contributed by atoms with van der Waals surface area (Å²) < 4.78 is 37.9. The normalized spacial score (nSPS) is 26.8. The SMILES string of the molecule is CC1(O)CC2(NC(=O)COc3ccc(Cl)c(F)c3)CCC1(NC(=O)COc1ccc(Cl)c(F)c1)CC2. The lowest BCUT2D eigenvalue weighted by atomic mass is 9.54. The molecule has 5 rings (SSSR count). The molecule has 7 nitrogen and oxygen atoms in total. The van der Waals surface area contributed by atoms with Crippen molar-refractivity contribution in [3.63, 3.8) is 0 Å². The van der Waals surface area contributed by atoms with Crippen molar-refractivity contribution >= 4 is 35.0 Å². The highest BCUT2D eigenvalue weighted by Gasteiger charge is 2.61. The molecule has 1 atom stereocenters. The van der Waals surface area contributed by atoms with Gasteiger partial charge in [-0.25, -0.2) is 8.78 Å². The molecule has 3 saturated carbocycles. The van der Waals surface area contributed by atoms with Gasteiger partial charge in [-0.15, -0.1) is 0 Å². The van der Waals surface area contributed by atoms with Crippen molar-refractivity contribution < 1.29 is 33.0 Å². The van der Waals surface area contributed by atoms with Crippen LogP contribution in [0.5, 0.6) is 11.5 Å². The maximum absolute atomic E-state index is 13.6. The van der Waals surface area contributed by atoms with E-state index in [1.165, 1.54) is 24.3 Å².